The summed E-state index contributed by atoms with van der Waals surface area (Å²) in [6, 6.07) is 6.97. The van der Waals surface area contributed by atoms with E-state index in [-0.39, 0.29) is 0 Å². The Morgan fingerprint density at radius 1 is 1.33 bits per heavy atom. The number of hydrogen-bond acceptors (Lipinski definition) is 2. The van der Waals surface area contributed by atoms with Crippen LogP contribution in [-0.2, 0) is 13.6 Å². The maximum atomic E-state index is 4.17. The molecule has 3 heteroatoms. The first-order chi connectivity index (χ1) is 8.56. The van der Waals surface area contributed by atoms with Gasteiger partial charge in [-0.15, -0.1) is 0 Å². The molecular weight excluding hydrogens is 222 g/mol. The molecule has 1 N–H and O–H groups in total. The van der Waals surface area contributed by atoms with Crippen LogP contribution in [0.4, 0.5) is 0 Å². The zero-order chi connectivity index (χ0) is 13.1. The van der Waals surface area contributed by atoms with Crippen molar-refractivity contribution < 1.29 is 0 Å². The summed E-state index contributed by atoms with van der Waals surface area (Å²) in [5.41, 5.74) is 5.25. The molecule has 0 amide bonds. The van der Waals surface area contributed by atoms with Gasteiger partial charge in [0.15, 0.2) is 0 Å². The van der Waals surface area contributed by atoms with E-state index in [0.29, 0.717) is 6.04 Å². The van der Waals surface area contributed by atoms with Gasteiger partial charge in [-0.1, -0.05) is 23.8 Å². The second kappa shape index (κ2) is 5.36. The summed E-state index contributed by atoms with van der Waals surface area (Å²) in [7, 11) is 1.94. The monoisotopic (exact) mass is 243 g/mol. The number of rotatable bonds is 4. The Kier molecular flexibility index (Phi) is 3.82. The lowest BCUT2D eigenvalue weighted by atomic mass is 10.0. The maximum absolute atomic E-state index is 4.17. The molecule has 18 heavy (non-hydrogen) atoms. The van der Waals surface area contributed by atoms with Crippen LogP contribution in [0.1, 0.15) is 35.2 Å². The number of nitrogens with zero attached hydrogens (tertiary/aromatic N) is 2. The molecule has 0 fully saturated rings. The minimum absolute atomic E-state index is 0.353. The summed E-state index contributed by atoms with van der Waals surface area (Å²) >= 11 is 0. The molecule has 0 aliphatic rings. The quantitative estimate of drug-likeness (QED) is 0.895. The lowest BCUT2D eigenvalue weighted by molar-refractivity contribution is 0.572. The fourth-order valence-electron chi connectivity index (χ4n) is 2.26. The number of nitrogens with one attached hydrogen (secondary N) is 1. The van der Waals surface area contributed by atoms with E-state index in [9.17, 15) is 0 Å². The van der Waals surface area contributed by atoms with E-state index in [1.807, 2.05) is 24.1 Å². The normalized spacial score (nSPS) is 12.7. The van der Waals surface area contributed by atoms with Crippen LogP contribution in [0.15, 0.2) is 30.6 Å². The Labute approximate surface area is 109 Å². The minimum atomic E-state index is 0.353. The fourth-order valence-corrected chi connectivity index (χ4v) is 2.26. The summed E-state index contributed by atoms with van der Waals surface area (Å²) in [5, 5.41) is 7.71. The van der Waals surface area contributed by atoms with Gasteiger partial charge >= 0.3 is 0 Å². The van der Waals surface area contributed by atoms with Gasteiger partial charge in [0.2, 0.25) is 0 Å². The van der Waals surface area contributed by atoms with Crippen LogP contribution in [0.3, 0.4) is 0 Å². The van der Waals surface area contributed by atoms with Gasteiger partial charge < -0.3 is 5.32 Å². The third kappa shape index (κ3) is 2.99. The van der Waals surface area contributed by atoms with Gasteiger partial charge in [-0.25, -0.2) is 0 Å². The van der Waals surface area contributed by atoms with Crippen molar-refractivity contribution in [3.8, 4) is 0 Å². The molecule has 3 nitrogen and oxygen atoms in total. The second-order valence-electron chi connectivity index (χ2n) is 4.98. The molecule has 0 aliphatic heterocycles. The van der Waals surface area contributed by atoms with Crippen molar-refractivity contribution in [1.82, 2.24) is 15.1 Å². The van der Waals surface area contributed by atoms with E-state index in [1.54, 1.807) is 0 Å². The van der Waals surface area contributed by atoms with Crippen molar-refractivity contribution in [2.45, 2.75) is 33.4 Å². The average molecular weight is 243 g/mol. The van der Waals surface area contributed by atoms with Crippen molar-refractivity contribution in [2.24, 2.45) is 7.05 Å². The first kappa shape index (κ1) is 12.8. The van der Waals surface area contributed by atoms with Crippen molar-refractivity contribution in [2.75, 3.05) is 0 Å². The van der Waals surface area contributed by atoms with Crippen LogP contribution in [0, 0.1) is 13.8 Å². The van der Waals surface area contributed by atoms with Crippen LogP contribution in [0.5, 0.6) is 0 Å². The van der Waals surface area contributed by atoms with Gasteiger partial charge in [-0.3, -0.25) is 4.68 Å². The third-order valence-corrected chi connectivity index (χ3v) is 3.26. The van der Waals surface area contributed by atoms with Gasteiger partial charge in [-0.05, 0) is 31.9 Å². The largest absolute Gasteiger partial charge is 0.306 e. The third-order valence-electron chi connectivity index (χ3n) is 3.26. The van der Waals surface area contributed by atoms with Gasteiger partial charge in [0.25, 0.3) is 0 Å². The number of hydrogen-bond donors (Lipinski definition) is 1. The van der Waals surface area contributed by atoms with Crippen LogP contribution in [-0.4, -0.2) is 9.78 Å². The summed E-state index contributed by atoms with van der Waals surface area (Å²) < 4.78 is 1.83. The highest BCUT2D eigenvalue weighted by molar-refractivity contribution is 5.32. The van der Waals surface area contributed by atoms with Gasteiger partial charge in [0.1, 0.15) is 0 Å². The molecule has 0 bridgehead atoms. The average Bonchev–Trinajstić information content (AvgIpc) is 2.72. The minimum Gasteiger partial charge on any atom is -0.306 e. The highest BCUT2D eigenvalue weighted by Gasteiger charge is 2.08. The van der Waals surface area contributed by atoms with E-state index in [4.69, 9.17) is 0 Å². The molecule has 1 atom stereocenters. The van der Waals surface area contributed by atoms with Crippen LogP contribution >= 0.6 is 0 Å². The van der Waals surface area contributed by atoms with E-state index < -0.39 is 0 Å². The number of benzene rings is 1. The Hall–Kier alpha value is -1.61. The van der Waals surface area contributed by atoms with Crippen LogP contribution < -0.4 is 5.32 Å². The van der Waals surface area contributed by atoms with E-state index in [1.165, 1.54) is 22.3 Å². The fraction of sp³-hybridized carbons (Fsp3) is 0.400. The summed E-state index contributed by atoms with van der Waals surface area (Å²) in [6.45, 7) is 7.35. The second-order valence-corrected chi connectivity index (χ2v) is 4.98. The number of aryl methyl sites for hydroxylation is 3. The Balaban J connectivity index is 2.01. The zero-order valence-electron chi connectivity index (χ0n) is 11.6. The lowest BCUT2D eigenvalue weighted by Crippen LogP contribution is -2.18. The molecule has 1 unspecified atom stereocenters. The molecule has 96 valence electrons. The zero-order valence-corrected chi connectivity index (χ0v) is 11.6. The molecule has 1 aromatic carbocycles. The van der Waals surface area contributed by atoms with Crippen molar-refractivity contribution in [1.29, 1.82) is 0 Å². The van der Waals surface area contributed by atoms with Gasteiger partial charge in [0, 0.05) is 31.4 Å². The molecule has 0 spiro atoms. The van der Waals surface area contributed by atoms with Gasteiger partial charge in [0.05, 0.1) is 6.20 Å². The molecule has 0 radical (unpaired) electrons. The first-order valence-corrected chi connectivity index (χ1v) is 6.34. The highest BCUT2D eigenvalue weighted by Crippen LogP contribution is 2.18. The number of aromatic nitrogens is 2. The molecule has 1 heterocycles. The predicted octanol–water partition coefficient (Wildman–Crippen LogP) is 2.89. The van der Waals surface area contributed by atoms with Crippen molar-refractivity contribution in [3.63, 3.8) is 0 Å². The summed E-state index contributed by atoms with van der Waals surface area (Å²) in [4.78, 5) is 0. The van der Waals surface area contributed by atoms with Crippen molar-refractivity contribution in [3.05, 3.63) is 52.8 Å². The molecular formula is C15H21N3. The van der Waals surface area contributed by atoms with E-state index >= 15 is 0 Å². The summed E-state index contributed by atoms with van der Waals surface area (Å²) in [6.07, 6.45) is 3.95. The topological polar surface area (TPSA) is 29.9 Å². The molecule has 2 rings (SSSR count). The van der Waals surface area contributed by atoms with Gasteiger partial charge in [-0.2, -0.15) is 5.10 Å². The predicted molar refractivity (Wildman–Crippen MR) is 74.4 cm³/mol. The standard InChI is InChI=1S/C15H21N3/c1-11-5-6-15(12(2)7-11)13(3)16-8-14-9-17-18(4)10-14/h5-7,9-10,13,16H,8H2,1-4H3. The molecule has 1 aromatic heterocycles. The van der Waals surface area contributed by atoms with E-state index in [2.05, 4.69) is 49.4 Å². The Morgan fingerprint density at radius 3 is 2.72 bits per heavy atom. The van der Waals surface area contributed by atoms with E-state index in [0.717, 1.165) is 6.54 Å². The lowest BCUT2D eigenvalue weighted by Gasteiger charge is -2.16. The van der Waals surface area contributed by atoms with Crippen LogP contribution in [0.2, 0.25) is 0 Å². The highest BCUT2D eigenvalue weighted by atomic mass is 15.2. The molecule has 0 saturated heterocycles. The Morgan fingerprint density at radius 2 is 2.11 bits per heavy atom. The van der Waals surface area contributed by atoms with Crippen molar-refractivity contribution >= 4 is 0 Å². The SMILES string of the molecule is Cc1ccc(C(C)NCc2cnn(C)c2)c(C)c1. The van der Waals surface area contributed by atoms with Crippen LogP contribution in [0.25, 0.3) is 0 Å². The maximum Gasteiger partial charge on any atom is 0.0534 e. The smallest absolute Gasteiger partial charge is 0.0534 e. The summed E-state index contributed by atoms with van der Waals surface area (Å²) in [5.74, 6) is 0. The molecule has 0 aliphatic carbocycles. The first-order valence-electron chi connectivity index (χ1n) is 6.34. The molecule has 2 aromatic rings. The molecule has 0 saturated carbocycles. The Bertz CT molecular complexity index is 528.